The minimum atomic E-state index is -0.256. The average Bonchev–Trinajstić information content (AvgIpc) is 1.99. The van der Waals surface area contributed by atoms with Crippen molar-refractivity contribution in [2.24, 2.45) is 0 Å². The molecule has 0 spiro atoms. The van der Waals surface area contributed by atoms with Gasteiger partial charge in [-0.15, -0.1) is 11.8 Å². The van der Waals surface area contributed by atoms with Crippen molar-refractivity contribution in [3.63, 3.8) is 0 Å². The van der Waals surface area contributed by atoms with E-state index < -0.39 is 0 Å². The summed E-state index contributed by atoms with van der Waals surface area (Å²) in [5.74, 6) is 1.01. The van der Waals surface area contributed by atoms with Gasteiger partial charge in [-0.3, -0.25) is 0 Å². The maximum absolute atomic E-state index is 10.9. The van der Waals surface area contributed by atoms with E-state index in [4.69, 9.17) is 0 Å². The maximum Gasteiger partial charge on any atom is 0.346 e. The van der Waals surface area contributed by atoms with Crippen LogP contribution in [0.5, 0.6) is 0 Å². The summed E-state index contributed by atoms with van der Waals surface area (Å²) >= 11 is 1.62. The average molecular weight is 184 g/mol. The molecule has 12 heavy (non-hydrogen) atoms. The van der Waals surface area contributed by atoms with E-state index in [1.807, 2.05) is 13.0 Å². The van der Waals surface area contributed by atoms with Gasteiger partial charge in [0.15, 0.2) is 0 Å². The van der Waals surface area contributed by atoms with Crippen molar-refractivity contribution in [1.29, 1.82) is 0 Å². The minimum Gasteiger partial charge on any atom is -0.310 e. The normalized spacial score (nSPS) is 10.2. The highest BCUT2D eigenvalue weighted by molar-refractivity contribution is 7.99. The molecule has 1 N–H and O–H groups in total. The van der Waals surface area contributed by atoms with E-state index >= 15 is 0 Å². The molecule has 0 aliphatic rings. The van der Waals surface area contributed by atoms with Crippen LogP contribution < -0.4 is 5.69 Å². The van der Waals surface area contributed by atoms with E-state index in [0.717, 1.165) is 22.9 Å². The molecular weight excluding hydrogens is 172 g/mol. The smallest absolute Gasteiger partial charge is 0.310 e. The van der Waals surface area contributed by atoms with Crippen molar-refractivity contribution < 1.29 is 0 Å². The van der Waals surface area contributed by atoms with Crippen LogP contribution in [-0.4, -0.2) is 15.7 Å². The zero-order chi connectivity index (χ0) is 8.97. The zero-order valence-electron chi connectivity index (χ0n) is 7.26. The Kier molecular flexibility index (Phi) is 3.34. The summed E-state index contributed by atoms with van der Waals surface area (Å²) in [7, 11) is 0. The van der Waals surface area contributed by atoms with Crippen molar-refractivity contribution in [3.05, 3.63) is 22.2 Å². The van der Waals surface area contributed by atoms with Gasteiger partial charge in [-0.1, -0.05) is 6.92 Å². The van der Waals surface area contributed by atoms with Gasteiger partial charge in [0.2, 0.25) is 0 Å². The van der Waals surface area contributed by atoms with Crippen LogP contribution >= 0.6 is 11.8 Å². The maximum atomic E-state index is 10.9. The molecule has 1 aromatic heterocycles. The van der Waals surface area contributed by atoms with E-state index in [0.29, 0.717) is 0 Å². The summed E-state index contributed by atoms with van der Waals surface area (Å²) in [4.78, 5) is 17.3. The van der Waals surface area contributed by atoms with Gasteiger partial charge in [-0.2, -0.15) is 4.98 Å². The van der Waals surface area contributed by atoms with Crippen molar-refractivity contribution >= 4 is 11.8 Å². The first-order chi connectivity index (χ1) is 5.72. The van der Waals surface area contributed by atoms with Gasteiger partial charge >= 0.3 is 5.69 Å². The second-order valence-corrected chi connectivity index (χ2v) is 3.67. The monoisotopic (exact) mass is 184 g/mol. The number of aryl methyl sites for hydroxylation is 1. The van der Waals surface area contributed by atoms with Gasteiger partial charge in [0.1, 0.15) is 5.03 Å². The Morgan fingerprint density at radius 2 is 2.42 bits per heavy atom. The van der Waals surface area contributed by atoms with Crippen molar-refractivity contribution in [2.45, 2.75) is 25.3 Å². The summed E-state index contributed by atoms with van der Waals surface area (Å²) < 4.78 is 0. The van der Waals surface area contributed by atoms with E-state index in [9.17, 15) is 4.79 Å². The molecule has 0 bridgehead atoms. The second-order valence-electron chi connectivity index (χ2n) is 2.56. The van der Waals surface area contributed by atoms with E-state index in [-0.39, 0.29) is 5.69 Å². The van der Waals surface area contributed by atoms with Crippen molar-refractivity contribution in [2.75, 3.05) is 5.75 Å². The highest BCUT2D eigenvalue weighted by atomic mass is 32.2. The Balaban J connectivity index is 2.79. The van der Waals surface area contributed by atoms with Crippen LogP contribution in [0.2, 0.25) is 0 Å². The third-order valence-corrected chi connectivity index (χ3v) is 2.43. The number of thioether (sulfide) groups is 1. The molecule has 0 radical (unpaired) electrons. The Bertz CT molecular complexity index is 308. The van der Waals surface area contributed by atoms with Crippen molar-refractivity contribution in [3.8, 4) is 0 Å². The molecule has 0 aliphatic heterocycles. The first-order valence-electron chi connectivity index (χ1n) is 3.93. The topological polar surface area (TPSA) is 45.8 Å². The summed E-state index contributed by atoms with van der Waals surface area (Å²) in [6, 6.07) is 1.89. The standard InChI is InChI=1S/C8H12N2OS/c1-3-4-12-7-5-6(2)9-8(11)10-7/h5H,3-4H2,1-2H3,(H,9,10,11). The lowest BCUT2D eigenvalue weighted by Crippen LogP contribution is -2.11. The van der Waals surface area contributed by atoms with Gasteiger partial charge < -0.3 is 4.98 Å². The highest BCUT2D eigenvalue weighted by Gasteiger charge is 1.96. The van der Waals surface area contributed by atoms with Gasteiger partial charge in [0.25, 0.3) is 0 Å². The number of aromatic amines is 1. The first kappa shape index (κ1) is 9.32. The van der Waals surface area contributed by atoms with E-state index in [1.165, 1.54) is 0 Å². The molecule has 0 saturated heterocycles. The van der Waals surface area contributed by atoms with Gasteiger partial charge in [-0.05, 0) is 25.2 Å². The SMILES string of the molecule is CCCSc1cc(C)[nH]c(=O)n1. The predicted molar refractivity (Wildman–Crippen MR) is 50.6 cm³/mol. The quantitative estimate of drug-likeness (QED) is 0.573. The summed E-state index contributed by atoms with van der Waals surface area (Å²) in [5.41, 5.74) is 0.613. The Hall–Kier alpha value is -0.770. The van der Waals surface area contributed by atoms with Gasteiger partial charge in [-0.25, -0.2) is 4.79 Å². The lowest BCUT2D eigenvalue weighted by molar-refractivity contribution is 0.943. The number of nitrogens with zero attached hydrogens (tertiary/aromatic N) is 1. The van der Waals surface area contributed by atoms with Gasteiger partial charge in [0.05, 0.1) is 0 Å². The van der Waals surface area contributed by atoms with Gasteiger partial charge in [0, 0.05) is 5.69 Å². The number of hydrogen-bond acceptors (Lipinski definition) is 3. The predicted octanol–water partition coefficient (Wildman–Crippen LogP) is 1.58. The lowest BCUT2D eigenvalue weighted by atomic mass is 10.5. The third kappa shape index (κ3) is 2.70. The zero-order valence-corrected chi connectivity index (χ0v) is 8.07. The summed E-state index contributed by atoms with van der Waals surface area (Å²) in [5, 5.41) is 0.818. The Morgan fingerprint density at radius 1 is 1.67 bits per heavy atom. The number of hydrogen-bond donors (Lipinski definition) is 1. The molecule has 0 aromatic carbocycles. The minimum absolute atomic E-state index is 0.256. The molecule has 0 unspecified atom stereocenters. The Morgan fingerprint density at radius 3 is 3.00 bits per heavy atom. The number of aromatic nitrogens is 2. The second kappa shape index (κ2) is 4.30. The van der Waals surface area contributed by atoms with Crippen LogP contribution in [0.3, 0.4) is 0 Å². The van der Waals surface area contributed by atoms with Crippen LogP contribution in [0.25, 0.3) is 0 Å². The largest absolute Gasteiger partial charge is 0.346 e. The molecule has 0 fully saturated rings. The summed E-state index contributed by atoms with van der Waals surface area (Å²) in [6.45, 7) is 3.96. The molecule has 66 valence electrons. The third-order valence-electron chi connectivity index (χ3n) is 1.31. The lowest BCUT2D eigenvalue weighted by Gasteiger charge is -1.98. The molecule has 0 saturated carbocycles. The molecule has 1 aromatic rings. The molecule has 4 heteroatoms. The van der Waals surface area contributed by atoms with Crippen LogP contribution in [0.1, 0.15) is 19.0 Å². The van der Waals surface area contributed by atoms with Crippen LogP contribution in [0.4, 0.5) is 0 Å². The van der Waals surface area contributed by atoms with Crippen LogP contribution in [0.15, 0.2) is 15.9 Å². The molecular formula is C8H12N2OS. The molecule has 0 atom stereocenters. The van der Waals surface area contributed by atoms with Crippen LogP contribution in [0, 0.1) is 6.92 Å². The Labute approximate surface area is 75.6 Å². The van der Waals surface area contributed by atoms with Crippen LogP contribution in [-0.2, 0) is 0 Å². The molecule has 1 rings (SSSR count). The molecule has 0 amide bonds. The number of H-pyrrole nitrogens is 1. The fraction of sp³-hybridized carbons (Fsp3) is 0.500. The molecule has 0 aliphatic carbocycles. The van der Waals surface area contributed by atoms with Crippen molar-refractivity contribution in [1.82, 2.24) is 9.97 Å². The number of rotatable bonds is 3. The highest BCUT2D eigenvalue weighted by Crippen LogP contribution is 2.14. The summed E-state index contributed by atoms with van der Waals surface area (Å²) in [6.07, 6.45) is 1.10. The van der Waals surface area contributed by atoms with E-state index in [1.54, 1.807) is 11.8 Å². The number of nitrogens with one attached hydrogen (secondary N) is 1. The van der Waals surface area contributed by atoms with E-state index in [2.05, 4.69) is 16.9 Å². The fourth-order valence-corrected chi connectivity index (χ4v) is 1.65. The fourth-order valence-electron chi connectivity index (χ4n) is 0.831. The molecule has 3 nitrogen and oxygen atoms in total. The first-order valence-corrected chi connectivity index (χ1v) is 4.91. The molecule has 1 heterocycles.